The number of hydrogen-bond donors (Lipinski definition) is 0. The lowest BCUT2D eigenvalue weighted by Crippen LogP contribution is -2.02. The third-order valence-corrected chi connectivity index (χ3v) is 5.83. The minimum Gasteiger partial charge on any atom is -0.230 e. The summed E-state index contributed by atoms with van der Waals surface area (Å²) in [7, 11) is 0. The lowest BCUT2D eigenvalue weighted by Gasteiger charge is -2.05. The second-order valence-electron chi connectivity index (χ2n) is 7.12. The molecule has 0 radical (unpaired) electrons. The van der Waals surface area contributed by atoms with E-state index in [4.69, 9.17) is 5.10 Å². The number of hydrogen-bond acceptors (Lipinski definition) is 4. The van der Waals surface area contributed by atoms with Gasteiger partial charge in [0, 0.05) is 28.5 Å². The lowest BCUT2D eigenvalue weighted by atomic mass is 10.0. The zero-order valence-corrected chi connectivity index (χ0v) is 18.1. The molecular weight excluding hydrogens is 412 g/mol. The first kappa shape index (κ1) is 19.8. The summed E-state index contributed by atoms with van der Waals surface area (Å²) in [6.45, 7) is 0. The molecular formula is C27H20N4S. The molecule has 0 N–H and O–H groups in total. The molecule has 154 valence electrons. The summed E-state index contributed by atoms with van der Waals surface area (Å²) in [5.74, 6) is 0. The first-order chi connectivity index (χ1) is 15.9. The number of nitrogens with zero attached hydrogens (tertiary/aromatic N) is 4. The van der Waals surface area contributed by atoms with Crippen LogP contribution in [0.1, 0.15) is 16.7 Å². The molecule has 0 aliphatic carbocycles. The number of thiophene rings is 1. The SMILES string of the molecule is C(=N/N=C(c1ccccc1)c1ccccc1)/c1cn(-c2cccs2)nc1-c1ccccc1. The van der Waals surface area contributed by atoms with Crippen LogP contribution in [0.5, 0.6) is 0 Å². The predicted molar refractivity (Wildman–Crippen MR) is 133 cm³/mol. The van der Waals surface area contributed by atoms with Gasteiger partial charge in [-0.2, -0.15) is 10.2 Å². The smallest absolute Gasteiger partial charge is 0.117 e. The lowest BCUT2D eigenvalue weighted by molar-refractivity contribution is 0.901. The Morgan fingerprint density at radius 1 is 0.750 bits per heavy atom. The molecule has 32 heavy (non-hydrogen) atoms. The Bertz CT molecular complexity index is 1300. The summed E-state index contributed by atoms with van der Waals surface area (Å²) < 4.78 is 1.90. The van der Waals surface area contributed by atoms with E-state index in [1.165, 1.54) is 0 Å². The van der Waals surface area contributed by atoms with E-state index in [9.17, 15) is 0 Å². The minimum absolute atomic E-state index is 0.828. The maximum atomic E-state index is 4.82. The number of benzene rings is 3. The van der Waals surface area contributed by atoms with E-state index < -0.39 is 0 Å². The van der Waals surface area contributed by atoms with Gasteiger partial charge >= 0.3 is 0 Å². The van der Waals surface area contributed by atoms with Crippen molar-refractivity contribution in [3.8, 4) is 16.3 Å². The van der Waals surface area contributed by atoms with Crippen LogP contribution in [0.3, 0.4) is 0 Å². The van der Waals surface area contributed by atoms with Crippen molar-refractivity contribution >= 4 is 23.3 Å². The molecule has 0 bridgehead atoms. The highest BCUT2D eigenvalue weighted by molar-refractivity contribution is 7.12. The topological polar surface area (TPSA) is 42.5 Å². The highest BCUT2D eigenvalue weighted by Gasteiger charge is 2.12. The molecule has 0 amide bonds. The summed E-state index contributed by atoms with van der Waals surface area (Å²) in [6.07, 6.45) is 3.78. The van der Waals surface area contributed by atoms with Crippen molar-refractivity contribution in [3.05, 3.63) is 131 Å². The summed E-state index contributed by atoms with van der Waals surface area (Å²) in [6, 6.07) is 34.4. The summed E-state index contributed by atoms with van der Waals surface area (Å²) in [5.41, 5.74) is 5.70. The van der Waals surface area contributed by atoms with E-state index in [1.54, 1.807) is 17.6 Å². The van der Waals surface area contributed by atoms with E-state index in [1.807, 2.05) is 101 Å². The van der Waals surface area contributed by atoms with Crippen LogP contribution in [0.15, 0.2) is 125 Å². The van der Waals surface area contributed by atoms with Crippen molar-refractivity contribution < 1.29 is 0 Å². The van der Waals surface area contributed by atoms with Crippen LogP contribution in [-0.2, 0) is 0 Å². The van der Waals surface area contributed by atoms with Gasteiger partial charge in [0.1, 0.15) is 16.4 Å². The fourth-order valence-electron chi connectivity index (χ4n) is 3.44. The second kappa shape index (κ2) is 9.37. The quantitative estimate of drug-likeness (QED) is 0.224. The van der Waals surface area contributed by atoms with Gasteiger partial charge in [0.15, 0.2) is 0 Å². The van der Waals surface area contributed by atoms with Gasteiger partial charge in [0.05, 0.1) is 6.21 Å². The first-order valence-corrected chi connectivity index (χ1v) is 11.2. The van der Waals surface area contributed by atoms with Gasteiger partial charge in [-0.3, -0.25) is 0 Å². The molecule has 0 atom stereocenters. The van der Waals surface area contributed by atoms with Gasteiger partial charge in [0.2, 0.25) is 0 Å². The highest BCUT2D eigenvalue weighted by atomic mass is 32.1. The summed E-state index contributed by atoms with van der Waals surface area (Å²) in [5, 5.41) is 17.0. The van der Waals surface area contributed by atoms with Gasteiger partial charge in [0.25, 0.3) is 0 Å². The van der Waals surface area contributed by atoms with Crippen LogP contribution >= 0.6 is 11.3 Å². The molecule has 0 fully saturated rings. The van der Waals surface area contributed by atoms with Crippen LogP contribution in [-0.4, -0.2) is 21.7 Å². The van der Waals surface area contributed by atoms with Gasteiger partial charge in [-0.1, -0.05) is 91.0 Å². The number of rotatable bonds is 6. The van der Waals surface area contributed by atoms with E-state index in [2.05, 4.69) is 28.4 Å². The average molecular weight is 433 g/mol. The Morgan fingerprint density at radius 3 is 1.97 bits per heavy atom. The van der Waals surface area contributed by atoms with E-state index in [0.717, 1.165) is 38.7 Å². The summed E-state index contributed by atoms with van der Waals surface area (Å²) in [4.78, 5) is 0. The molecule has 3 aromatic carbocycles. The number of aromatic nitrogens is 2. The molecule has 5 aromatic rings. The molecule has 0 saturated heterocycles. The van der Waals surface area contributed by atoms with Crippen LogP contribution in [0.2, 0.25) is 0 Å². The van der Waals surface area contributed by atoms with E-state index >= 15 is 0 Å². The first-order valence-electron chi connectivity index (χ1n) is 10.3. The summed E-state index contributed by atoms with van der Waals surface area (Å²) >= 11 is 1.64. The third-order valence-electron chi connectivity index (χ3n) is 4.97. The van der Waals surface area contributed by atoms with Gasteiger partial charge in [-0.25, -0.2) is 4.68 Å². The molecule has 0 spiro atoms. The molecule has 0 saturated carbocycles. The van der Waals surface area contributed by atoms with Crippen molar-refractivity contribution in [1.29, 1.82) is 0 Å². The van der Waals surface area contributed by atoms with Gasteiger partial charge < -0.3 is 0 Å². The largest absolute Gasteiger partial charge is 0.230 e. The van der Waals surface area contributed by atoms with E-state index in [0.29, 0.717) is 0 Å². The highest BCUT2D eigenvalue weighted by Crippen LogP contribution is 2.24. The monoisotopic (exact) mass is 432 g/mol. The fourth-order valence-corrected chi connectivity index (χ4v) is 4.09. The van der Waals surface area contributed by atoms with Crippen LogP contribution < -0.4 is 0 Å². The molecule has 4 nitrogen and oxygen atoms in total. The Kier molecular flexibility index (Phi) is 5.81. The standard InChI is InChI=1S/C27H20N4S/c1-4-11-21(12-5-1)26(22-13-6-2-7-14-22)29-28-19-24-20-31(25-17-10-18-32-25)30-27(24)23-15-8-3-9-16-23/h1-20H/b28-19-. The van der Waals surface area contributed by atoms with Crippen molar-refractivity contribution in [1.82, 2.24) is 9.78 Å². The molecule has 0 aliphatic heterocycles. The van der Waals surface area contributed by atoms with Crippen LogP contribution in [0, 0.1) is 0 Å². The molecule has 5 heteroatoms. The Labute approximate surface area is 190 Å². The molecule has 0 aliphatic rings. The minimum atomic E-state index is 0.828. The van der Waals surface area contributed by atoms with Crippen molar-refractivity contribution in [2.75, 3.05) is 0 Å². The molecule has 5 rings (SSSR count). The molecule has 2 heterocycles. The zero-order chi connectivity index (χ0) is 21.6. The fraction of sp³-hybridized carbons (Fsp3) is 0. The zero-order valence-electron chi connectivity index (χ0n) is 17.2. The van der Waals surface area contributed by atoms with Gasteiger partial charge in [-0.15, -0.1) is 16.4 Å². The van der Waals surface area contributed by atoms with Crippen molar-refractivity contribution in [3.63, 3.8) is 0 Å². The van der Waals surface area contributed by atoms with Crippen molar-refractivity contribution in [2.45, 2.75) is 0 Å². The average Bonchev–Trinajstić information content (AvgIpc) is 3.54. The molecule has 2 aromatic heterocycles. The Morgan fingerprint density at radius 2 is 1.38 bits per heavy atom. The maximum Gasteiger partial charge on any atom is 0.117 e. The van der Waals surface area contributed by atoms with Crippen LogP contribution in [0.4, 0.5) is 0 Å². The van der Waals surface area contributed by atoms with Gasteiger partial charge in [-0.05, 0) is 17.5 Å². The second-order valence-corrected chi connectivity index (χ2v) is 8.05. The molecule has 0 unspecified atom stereocenters. The van der Waals surface area contributed by atoms with Crippen LogP contribution in [0.25, 0.3) is 16.3 Å². The predicted octanol–water partition coefficient (Wildman–Crippen LogP) is 6.47. The normalized spacial score (nSPS) is 11.0. The third kappa shape index (κ3) is 4.33. The Hall–Kier alpha value is -4.09. The Balaban J connectivity index is 1.56. The van der Waals surface area contributed by atoms with E-state index in [-0.39, 0.29) is 0 Å². The maximum absolute atomic E-state index is 4.82. The van der Waals surface area contributed by atoms with Crippen molar-refractivity contribution in [2.24, 2.45) is 10.2 Å².